The number of anilines is 1. The van der Waals surface area contributed by atoms with Crippen LogP contribution in [-0.4, -0.2) is 43.4 Å². The first-order valence-corrected chi connectivity index (χ1v) is 11.7. The Balaban J connectivity index is 1.49. The molecule has 4 heterocycles. The molecule has 2 atom stereocenters. The molecule has 0 unspecified atom stereocenters. The van der Waals surface area contributed by atoms with E-state index in [0.29, 0.717) is 30.1 Å². The highest BCUT2D eigenvalue weighted by Gasteiger charge is 2.37. The molecule has 1 fully saturated rings. The van der Waals surface area contributed by atoms with Gasteiger partial charge in [-0.3, -0.25) is 4.79 Å². The summed E-state index contributed by atoms with van der Waals surface area (Å²) in [5, 5.41) is 0.724. The molecule has 2 aromatic heterocycles. The largest absolute Gasteiger partial charge is 0.616 e. The number of alkyl halides is 3. The molecule has 0 saturated carbocycles. The number of carbonyl (C=O) groups is 1. The van der Waals surface area contributed by atoms with E-state index in [9.17, 15) is 22.5 Å². The van der Waals surface area contributed by atoms with Crippen molar-refractivity contribution < 1.29 is 27.3 Å². The van der Waals surface area contributed by atoms with Crippen LogP contribution in [0.1, 0.15) is 38.8 Å². The van der Waals surface area contributed by atoms with E-state index in [1.165, 1.54) is 23.2 Å². The van der Waals surface area contributed by atoms with Crippen LogP contribution in [0.4, 0.5) is 19.0 Å². The predicted molar refractivity (Wildman–Crippen MR) is 116 cm³/mol. The molecule has 0 spiro atoms. The molecule has 172 valence electrons. The normalized spacial score (nSPS) is 20.8. The van der Waals surface area contributed by atoms with Gasteiger partial charge in [-0.05, 0) is 40.5 Å². The van der Waals surface area contributed by atoms with Gasteiger partial charge in [-0.2, -0.15) is 13.2 Å². The van der Waals surface area contributed by atoms with Crippen molar-refractivity contribution in [3.05, 3.63) is 64.5 Å². The Morgan fingerprint density at radius 3 is 2.67 bits per heavy atom. The number of nitrogen functional groups attached to an aromatic ring is 1. The van der Waals surface area contributed by atoms with Crippen LogP contribution >= 0.6 is 0 Å². The number of hydrogen-bond acceptors (Lipinski definition) is 6. The van der Waals surface area contributed by atoms with Crippen LogP contribution in [-0.2, 0) is 35.3 Å². The summed E-state index contributed by atoms with van der Waals surface area (Å²) in [7, 11) is 0. The van der Waals surface area contributed by atoms with E-state index in [2.05, 4.69) is 9.97 Å². The zero-order valence-corrected chi connectivity index (χ0v) is 18.1. The maximum Gasteiger partial charge on any atom is 0.416 e. The monoisotopic (exact) mass is 476 g/mol. The minimum atomic E-state index is -4.46. The van der Waals surface area contributed by atoms with Crippen LogP contribution in [0.2, 0.25) is 0 Å². The summed E-state index contributed by atoms with van der Waals surface area (Å²) < 4.78 is 56.6. The second-order valence-electron chi connectivity index (χ2n) is 7.98. The average molecular weight is 476 g/mol. The number of hydrogen-bond donors (Lipinski definition) is 1. The molecule has 2 N–H and O–H groups in total. The van der Waals surface area contributed by atoms with Gasteiger partial charge in [0.2, 0.25) is 0 Å². The predicted octanol–water partition coefficient (Wildman–Crippen LogP) is 3.21. The summed E-state index contributed by atoms with van der Waals surface area (Å²) in [6.07, 6.45) is -2.98. The van der Waals surface area contributed by atoms with Gasteiger partial charge >= 0.3 is 6.18 Å². The Bertz CT molecular complexity index is 1240. The van der Waals surface area contributed by atoms with Crippen molar-refractivity contribution in [3.8, 4) is 0 Å². The summed E-state index contributed by atoms with van der Waals surface area (Å²) >= 11 is -1.19. The third-order valence-corrected chi connectivity index (χ3v) is 7.32. The van der Waals surface area contributed by atoms with Gasteiger partial charge in [0, 0.05) is 10.9 Å². The molecule has 1 aromatic carbocycles. The highest BCUT2D eigenvalue weighted by molar-refractivity contribution is 7.91. The number of rotatable bonds is 2. The first-order chi connectivity index (χ1) is 15.7. The van der Waals surface area contributed by atoms with Gasteiger partial charge in [-0.15, -0.1) is 0 Å². The lowest BCUT2D eigenvalue weighted by Crippen LogP contribution is -2.46. The fourth-order valence-corrected chi connectivity index (χ4v) is 5.55. The number of nitrogens with two attached hydrogens (primary N) is 1. The molecule has 0 radical (unpaired) electrons. The number of nitrogens with zero attached hydrogens (tertiary/aromatic N) is 3. The van der Waals surface area contributed by atoms with Gasteiger partial charge in [0.25, 0.3) is 5.91 Å². The molecule has 1 amide bonds. The lowest BCUT2D eigenvalue weighted by atomic mass is 10.0. The summed E-state index contributed by atoms with van der Waals surface area (Å²) in [6.45, 7) is 0.911. The Kier molecular flexibility index (Phi) is 5.42. The maximum absolute atomic E-state index is 13.4. The summed E-state index contributed by atoms with van der Waals surface area (Å²) in [6, 6.07) is 5.65. The summed E-state index contributed by atoms with van der Waals surface area (Å²) in [5.74, 6) is 0.420. The van der Waals surface area contributed by atoms with E-state index in [0.717, 1.165) is 28.6 Å². The fourth-order valence-electron chi connectivity index (χ4n) is 4.26. The Labute approximate surface area is 189 Å². The van der Waals surface area contributed by atoms with Crippen molar-refractivity contribution >= 4 is 33.8 Å². The molecule has 7 nitrogen and oxygen atoms in total. The van der Waals surface area contributed by atoms with Gasteiger partial charge < -0.3 is 19.9 Å². The lowest BCUT2D eigenvalue weighted by Gasteiger charge is -2.36. The van der Waals surface area contributed by atoms with Gasteiger partial charge in [0.05, 0.1) is 37.0 Å². The molecule has 0 bridgehead atoms. The molecule has 2 aliphatic heterocycles. The van der Waals surface area contributed by atoms with Gasteiger partial charge in [0.15, 0.2) is 0 Å². The van der Waals surface area contributed by atoms with Crippen molar-refractivity contribution in [2.24, 2.45) is 0 Å². The number of benzene rings is 1. The highest BCUT2D eigenvalue weighted by Crippen LogP contribution is 2.34. The molecule has 11 heteroatoms. The van der Waals surface area contributed by atoms with E-state index in [-0.39, 0.29) is 29.7 Å². The average Bonchev–Trinajstić information content (AvgIpc) is 3.29. The van der Waals surface area contributed by atoms with Crippen LogP contribution in [0.15, 0.2) is 36.5 Å². The number of ether oxygens (including phenoxy) is 1. The smallest absolute Gasteiger partial charge is 0.416 e. The molecular weight excluding hydrogens is 457 g/mol. The number of aromatic nitrogens is 2. The number of halogens is 3. The molecule has 1 saturated heterocycles. The molecule has 2 aliphatic rings. The molecule has 33 heavy (non-hydrogen) atoms. The second kappa shape index (κ2) is 8.15. The molecular formula is C22H19F3N4O3S. The number of fused-ring (bicyclic) bond motifs is 3. The minimum absolute atomic E-state index is 0.145. The first-order valence-electron chi connectivity index (χ1n) is 10.2. The quantitative estimate of drug-likeness (QED) is 0.570. The standard InChI is InChI=1S/C22H19F3N4O3S/c23-22(24,25)13-3-1-12(2-4-13)19-11-33(31)6-5-29(19)21(30)17-7-14-15-9-32-10-16(15)20(26)28-18(14)8-27-17/h1-4,7-8,19H,5-6,9-11H2,(H2,26,28)/t19-,33+/m1/s1. The van der Waals surface area contributed by atoms with Crippen molar-refractivity contribution in [2.45, 2.75) is 25.4 Å². The zero-order chi connectivity index (χ0) is 23.3. The van der Waals surface area contributed by atoms with E-state index >= 15 is 0 Å². The van der Waals surface area contributed by atoms with Gasteiger partial charge in [-0.25, -0.2) is 9.97 Å². The van der Waals surface area contributed by atoms with Gasteiger partial charge in [-0.1, -0.05) is 12.1 Å². The number of amides is 1. The zero-order valence-electron chi connectivity index (χ0n) is 17.3. The van der Waals surface area contributed by atoms with Crippen molar-refractivity contribution in [2.75, 3.05) is 23.8 Å². The molecule has 0 aliphatic carbocycles. The van der Waals surface area contributed by atoms with Crippen molar-refractivity contribution in [3.63, 3.8) is 0 Å². The van der Waals surface area contributed by atoms with Crippen molar-refractivity contribution in [1.82, 2.24) is 14.9 Å². The molecule has 5 rings (SSSR count). The Hall–Kier alpha value is -2.89. The Morgan fingerprint density at radius 2 is 1.94 bits per heavy atom. The lowest BCUT2D eigenvalue weighted by molar-refractivity contribution is -0.137. The van der Waals surface area contributed by atoms with Crippen LogP contribution in [0, 0.1) is 0 Å². The van der Waals surface area contributed by atoms with Gasteiger partial charge in [0.1, 0.15) is 29.1 Å². The summed E-state index contributed by atoms with van der Waals surface area (Å²) in [4.78, 5) is 23.6. The highest BCUT2D eigenvalue weighted by atomic mass is 32.2. The Morgan fingerprint density at radius 1 is 1.21 bits per heavy atom. The van der Waals surface area contributed by atoms with Crippen LogP contribution in [0.5, 0.6) is 0 Å². The van der Waals surface area contributed by atoms with E-state index in [4.69, 9.17) is 10.5 Å². The third-order valence-electron chi connectivity index (χ3n) is 6.00. The van der Waals surface area contributed by atoms with E-state index in [1.54, 1.807) is 6.07 Å². The maximum atomic E-state index is 13.4. The molecule has 3 aromatic rings. The van der Waals surface area contributed by atoms with Crippen LogP contribution in [0.25, 0.3) is 10.9 Å². The fraction of sp³-hybridized carbons (Fsp3) is 0.318. The topological polar surface area (TPSA) is 104 Å². The van der Waals surface area contributed by atoms with E-state index < -0.39 is 29.0 Å². The number of pyridine rings is 2. The second-order valence-corrected chi connectivity index (χ2v) is 9.60. The van der Waals surface area contributed by atoms with Crippen LogP contribution < -0.4 is 5.73 Å². The SMILES string of the molecule is Nc1nc2cnc(C(=O)N3CC[S@+]([O-])C[C@@H]3c3ccc(C(F)(F)F)cc3)cc2c2c1COC2. The van der Waals surface area contributed by atoms with Crippen LogP contribution in [0.3, 0.4) is 0 Å². The first kappa shape index (κ1) is 21.9. The summed E-state index contributed by atoms with van der Waals surface area (Å²) in [5.41, 5.74) is 8.09. The number of carbonyl (C=O) groups excluding carboxylic acids is 1. The third kappa shape index (κ3) is 4.00. The van der Waals surface area contributed by atoms with Crippen molar-refractivity contribution in [1.29, 1.82) is 0 Å². The van der Waals surface area contributed by atoms with E-state index in [1.807, 2.05) is 0 Å². The minimum Gasteiger partial charge on any atom is -0.616 e.